The number of carboxylic acid groups (broad SMARTS) is 2. The van der Waals surface area contributed by atoms with Gasteiger partial charge < -0.3 is 51.6 Å². The third kappa shape index (κ3) is 28.9. The summed E-state index contributed by atoms with van der Waals surface area (Å²) in [6.45, 7) is 11.8. The van der Waals surface area contributed by atoms with Gasteiger partial charge >= 0.3 is 11.9 Å². The Kier molecular flexibility index (Phi) is 33.3. The van der Waals surface area contributed by atoms with E-state index in [9.17, 15) is 19.2 Å². The Bertz CT molecular complexity index is 2440. The van der Waals surface area contributed by atoms with Crippen molar-refractivity contribution in [3.63, 3.8) is 0 Å². The molecule has 1 saturated heterocycles. The van der Waals surface area contributed by atoms with Crippen molar-refractivity contribution in [2.75, 3.05) is 105 Å². The number of nitrogens with zero attached hydrogens (tertiary/aromatic N) is 8. The van der Waals surface area contributed by atoms with Gasteiger partial charge in [0.2, 0.25) is 0 Å². The molecule has 0 spiro atoms. The number of aromatic nitrogens is 6. The summed E-state index contributed by atoms with van der Waals surface area (Å²) in [5.74, 6) is -2.32. The lowest BCUT2D eigenvalue weighted by atomic mass is 10.1. The molecule has 1 aromatic carbocycles. The smallest absolute Gasteiger partial charge is 0.317 e. The number of aliphatic carboxylic acids is 2. The van der Waals surface area contributed by atoms with E-state index in [1.807, 2.05) is 97.3 Å². The molecular formula is C56H74N14O8. The van der Waals surface area contributed by atoms with Crippen LogP contribution in [0.4, 0.5) is 0 Å². The van der Waals surface area contributed by atoms with E-state index in [2.05, 4.69) is 95.5 Å². The number of hydrogen-bond acceptors (Lipinski definition) is 20. The highest BCUT2D eigenvalue weighted by molar-refractivity contribution is 6.02. The molecule has 0 atom stereocenters. The molecule has 0 aliphatic carbocycles. The van der Waals surface area contributed by atoms with Crippen LogP contribution in [0.1, 0.15) is 24.2 Å². The molecule has 7 aromatic rings. The number of carbonyl (C=O) groups excluding carboxylic acids is 2. The molecule has 0 amide bonds. The van der Waals surface area contributed by atoms with E-state index in [1.54, 1.807) is 24.8 Å². The van der Waals surface area contributed by atoms with Crippen LogP contribution < -0.4 is 31.9 Å². The van der Waals surface area contributed by atoms with Gasteiger partial charge in [-0.2, -0.15) is 0 Å². The lowest BCUT2D eigenvalue weighted by molar-refractivity contribution is -0.142. The fourth-order valence-electron chi connectivity index (χ4n) is 7.17. The summed E-state index contributed by atoms with van der Waals surface area (Å²) in [6.07, 6.45) is 13.2. The van der Waals surface area contributed by atoms with E-state index < -0.39 is 25.0 Å². The molecule has 8 rings (SSSR count). The minimum atomic E-state index is -1.16. The van der Waals surface area contributed by atoms with Crippen molar-refractivity contribution in [3.8, 4) is 11.4 Å². The average Bonchev–Trinajstić information content (AvgIpc) is 3.49. The second-order valence-corrected chi connectivity index (χ2v) is 17.0. The van der Waals surface area contributed by atoms with Gasteiger partial charge in [-0.3, -0.25) is 54.0 Å². The molecule has 1 aliphatic heterocycles. The molecule has 0 bridgehead atoms. The van der Waals surface area contributed by atoms with Gasteiger partial charge in [-0.25, -0.2) is 4.90 Å². The minimum absolute atomic E-state index is 0.0863. The zero-order valence-electron chi connectivity index (χ0n) is 44.1. The van der Waals surface area contributed by atoms with Gasteiger partial charge in [-0.05, 0) is 99.7 Å². The maximum Gasteiger partial charge on any atom is 0.317 e. The number of rotatable bonds is 21. The highest BCUT2D eigenvalue weighted by Crippen LogP contribution is 2.20. The summed E-state index contributed by atoms with van der Waals surface area (Å²) >= 11 is 0. The van der Waals surface area contributed by atoms with E-state index in [1.165, 1.54) is 22.6 Å². The maximum absolute atomic E-state index is 10.6. The van der Waals surface area contributed by atoms with Crippen molar-refractivity contribution in [1.29, 1.82) is 0 Å². The van der Waals surface area contributed by atoms with E-state index in [0.717, 1.165) is 123 Å². The Morgan fingerprint density at radius 1 is 0.474 bits per heavy atom. The predicted octanol–water partition coefficient (Wildman–Crippen LogP) is 3.44. The zero-order valence-corrected chi connectivity index (χ0v) is 44.1. The summed E-state index contributed by atoms with van der Waals surface area (Å²) in [5, 5.41) is 40.0. The van der Waals surface area contributed by atoms with Crippen LogP contribution >= 0.6 is 0 Å². The van der Waals surface area contributed by atoms with Crippen LogP contribution in [0.25, 0.3) is 33.2 Å². The molecule has 0 saturated carbocycles. The Balaban J connectivity index is 0.000000212. The quantitative estimate of drug-likeness (QED) is 0.0221. The first-order valence-corrected chi connectivity index (χ1v) is 25.8. The SMILES string of the molecule is C1CNCCNCCCNCCNC1.O=COCN(CCN(CC(=O)O)CC(=O)O)COC=O.c1ccc(-c2ccccn2)nc1.c1ccc(CNCCNCc2ccccn2)nc1.c1cnc2c(c1)ccc1cccnc12. The van der Waals surface area contributed by atoms with E-state index >= 15 is 0 Å². The first kappa shape index (κ1) is 62.7. The zero-order chi connectivity index (χ0) is 55.4. The molecule has 1 fully saturated rings. The Labute approximate surface area is 455 Å². The highest BCUT2D eigenvalue weighted by atomic mass is 16.6. The van der Waals surface area contributed by atoms with E-state index in [4.69, 9.17) is 10.2 Å². The van der Waals surface area contributed by atoms with Gasteiger partial charge in [0.1, 0.15) is 13.5 Å². The lowest BCUT2D eigenvalue weighted by Gasteiger charge is -2.24. The number of carbonyl (C=O) groups is 4. The average molecular weight is 1070 g/mol. The number of pyridine rings is 6. The summed E-state index contributed by atoms with van der Waals surface area (Å²) in [6, 6.07) is 35.6. The molecule has 6 aromatic heterocycles. The Morgan fingerprint density at radius 3 is 1.22 bits per heavy atom. The van der Waals surface area contributed by atoms with Crippen LogP contribution in [0.3, 0.4) is 0 Å². The minimum Gasteiger partial charge on any atom is -0.480 e. The van der Waals surface area contributed by atoms with Crippen molar-refractivity contribution >= 4 is 46.7 Å². The molecule has 22 heteroatoms. The number of benzene rings is 1. The lowest BCUT2D eigenvalue weighted by Crippen LogP contribution is -2.41. The van der Waals surface area contributed by atoms with Crippen LogP contribution in [0, 0.1) is 0 Å². The predicted molar refractivity (Wildman–Crippen MR) is 300 cm³/mol. The molecule has 8 N–H and O–H groups in total. The van der Waals surface area contributed by atoms with Crippen LogP contribution in [0.5, 0.6) is 0 Å². The monoisotopic (exact) mass is 1070 g/mol. The van der Waals surface area contributed by atoms with Gasteiger partial charge in [0, 0.05) is 113 Å². The first-order chi connectivity index (χ1) is 38.4. The Hall–Kier alpha value is -7.80. The largest absolute Gasteiger partial charge is 0.480 e. The van der Waals surface area contributed by atoms with Crippen LogP contribution in [-0.4, -0.2) is 180 Å². The van der Waals surface area contributed by atoms with Crippen molar-refractivity contribution in [2.45, 2.75) is 25.9 Å². The normalized spacial score (nSPS) is 12.8. The Morgan fingerprint density at radius 2 is 0.859 bits per heavy atom. The van der Waals surface area contributed by atoms with Crippen molar-refractivity contribution in [2.24, 2.45) is 0 Å². The van der Waals surface area contributed by atoms with Gasteiger partial charge in [0.15, 0.2) is 0 Å². The standard InChI is InChI=1S/C14H18N4.C12H8N2.C10H24N4.C10H16N2O8.C10H8N2/c1-3-7-17-13(5-1)11-15-9-10-16-12-14-6-2-4-8-18-14;1-3-9-5-6-10-4-2-8-14-12(10)11(9)13-7-1;1-3-11-7-9-13-5-2-6-14-10-8-12-4-1;13-7-19-5-12(6-20-8-14)2-1-11(3-9(15)16)4-10(17)18;1-3-7-11-9(5-1)10-6-2-4-8-12-10/h1-8,15-16H,9-12H2;1-8H;11-14H,1-10H2;7-8H,1-6H2,(H,15,16)(H,17,18);1-8H. The summed E-state index contributed by atoms with van der Waals surface area (Å²) in [7, 11) is 0. The van der Waals surface area contributed by atoms with Crippen molar-refractivity contribution < 1.29 is 38.9 Å². The second kappa shape index (κ2) is 41.4. The van der Waals surface area contributed by atoms with Crippen molar-refractivity contribution in [1.82, 2.24) is 71.6 Å². The topological polar surface area (TPSA) is 283 Å². The second-order valence-electron chi connectivity index (χ2n) is 17.0. The highest BCUT2D eigenvalue weighted by Gasteiger charge is 2.15. The molecule has 78 heavy (non-hydrogen) atoms. The third-order valence-electron chi connectivity index (χ3n) is 11.0. The summed E-state index contributed by atoms with van der Waals surface area (Å²) in [5.41, 5.74) is 5.93. The number of ether oxygens (including phenoxy) is 2. The molecule has 7 heterocycles. The molecule has 22 nitrogen and oxygen atoms in total. The van der Waals surface area contributed by atoms with Crippen LogP contribution in [-0.2, 0) is 41.7 Å². The first-order valence-electron chi connectivity index (χ1n) is 25.8. The van der Waals surface area contributed by atoms with Gasteiger partial charge in [-0.1, -0.05) is 48.5 Å². The van der Waals surface area contributed by atoms with E-state index in [-0.39, 0.29) is 39.5 Å². The fraction of sp³-hybridized carbons (Fsp3) is 0.357. The van der Waals surface area contributed by atoms with Crippen molar-refractivity contribution in [3.05, 3.63) is 158 Å². The van der Waals surface area contributed by atoms with E-state index in [0.29, 0.717) is 0 Å². The summed E-state index contributed by atoms with van der Waals surface area (Å²) < 4.78 is 8.97. The fourth-order valence-corrected chi connectivity index (χ4v) is 7.17. The number of hydrogen-bond donors (Lipinski definition) is 8. The van der Waals surface area contributed by atoms with Crippen LogP contribution in [0.15, 0.2) is 146 Å². The third-order valence-corrected chi connectivity index (χ3v) is 11.0. The number of fused-ring (bicyclic) bond motifs is 3. The number of carboxylic acids is 2. The molecule has 0 unspecified atom stereocenters. The van der Waals surface area contributed by atoms with Gasteiger partial charge in [0.25, 0.3) is 12.9 Å². The molecule has 1 aliphatic rings. The molecule has 0 radical (unpaired) electrons. The van der Waals surface area contributed by atoms with Gasteiger partial charge in [-0.15, -0.1) is 0 Å². The molecule has 416 valence electrons. The van der Waals surface area contributed by atoms with Gasteiger partial charge in [0.05, 0.1) is 46.9 Å². The molecular weight excluding hydrogens is 997 g/mol. The summed E-state index contributed by atoms with van der Waals surface area (Å²) in [4.78, 5) is 69.5. The maximum atomic E-state index is 10.6. The number of nitrogens with one attached hydrogen (secondary N) is 6. The van der Waals surface area contributed by atoms with Crippen LogP contribution in [0.2, 0.25) is 0 Å².